The van der Waals surface area contributed by atoms with E-state index in [9.17, 15) is 4.79 Å². The monoisotopic (exact) mass is 311 g/mol. The molecule has 6 nitrogen and oxygen atoms in total. The van der Waals surface area contributed by atoms with E-state index in [1.54, 1.807) is 24.5 Å². The number of hydrogen-bond donors (Lipinski definition) is 3. The van der Waals surface area contributed by atoms with Crippen molar-refractivity contribution in [2.45, 2.75) is 18.9 Å². The van der Waals surface area contributed by atoms with Crippen LogP contribution in [0.15, 0.2) is 48.8 Å². The number of anilines is 3. The Labute approximate surface area is 135 Å². The van der Waals surface area contributed by atoms with Crippen LogP contribution in [0, 0.1) is 0 Å². The number of rotatable bonds is 3. The lowest BCUT2D eigenvalue weighted by Gasteiger charge is -2.33. The van der Waals surface area contributed by atoms with Crippen LogP contribution in [0.5, 0.6) is 0 Å². The summed E-state index contributed by atoms with van der Waals surface area (Å²) < 4.78 is 0. The molecule has 1 saturated heterocycles. The zero-order valence-electron chi connectivity index (χ0n) is 12.9. The second-order valence-electron chi connectivity index (χ2n) is 5.65. The highest BCUT2D eigenvalue weighted by Crippen LogP contribution is 2.20. The molecule has 23 heavy (non-hydrogen) atoms. The number of nitrogens with zero attached hydrogens (tertiary/aromatic N) is 2. The van der Waals surface area contributed by atoms with Gasteiger partial charge in [0.25, 0.3) is 0 Å². The number of carbonyl (C=O) groups is 1. The van der Waals surface area contributed by atoms with Gasteiger partial charge in [-0.1, -0.05) is 12.1 Å². The van der Waals surface area contributed by atoms with Crippen LogP contribution in [0.2, 0.25) is 0 Å². The smallest absolute Gasteiger partial charge is 0.319 e. The van der Waals surface area contributed by atoms with Gasteiger partial charge in [-0.2, -0.15) is 0 Å². The summed E-state index contributed by atoms with van der Waals surface area (Å²) >= 11 is 0. The molecular formula is C17H21N5O. The van der Waals surface area contributed by atoms with Crippen LogP contribution < -0.4 is 21.3 Å². The number of benzene rings is 1. The van der Waals surface area contributed by atoms with E-state index in [4.69, 9.17) is 5.73 Å². The number of pyridine rings is 1. The molecule has 4 N–H and O–H groups in total. The molecule has 0 spiro atoms. The highest BCUT2D eigenvalue weighted by molar-refractivity contribution is 5.92. The Morgan fingerprint density at radius 2 is 1.83 bits per heavy atom. The number of nitrogen functional groups attached to an aromatic ring is 1. The van der Waals surface area contributed by atoms with Crippen LogP contribution in [-0.4, -0.2) is 30.1 Å². The first-order valence-corrected chi connectivity index (χ1v) is 7.79. The van der Waals surface area contributed by atoms with Crippen LogP contribution in [0.25, 0.3) is 0 Å². The zero-order chi connectivity index (χ0) is 16.1. The minimum Gasteiger partial charge on any atom is -0.397 e. The number of carbonyl (C=O) groups excluding carboxylic acids is 1. The molecule has 1 aromatic heterocycles. The fourth-order valence-corrected chi connectivity index (χ4v) is 2.79. The summed E-state index contributed by atoms with van der Waals surface area (Å²) in [5.41, 5.74) is 8.21. The van der Waals surface area contributed by atoms with E-state index in [-0.39, 0.29) is 12.1 Å². The van der Waals surface area contributed by atoms with E-state index < -0.39 is 0 Å². The Morgan fingerprint density at radius 1 is 1.13 bits per heavy atom. The fraction of sp³-hybridized carbons (Fsp3) is 0.294. The SMILES string of the molecule is Nc1ccccc1NC(=O)NC1CCN(c2ccncc2)CC1. The quantitative estimate of drug-likeness (QED) is 0.760. The number of nitrogens with one attached hydrogen (secondary N) is 2. The molecule has 1 aliphatic rings. The number of hydrogen-bond acceptors (Lipinski definition) is 4. The van der Waals surface area contributed by atoms with Crippen LogP contribution in [0.1, 0.15) is 12.8 Å². The van der Waals surface area contributed by atoms with E-state index in [1.807, 2.05) is 24.3 Å². The van der Waals surface area contributed by atoms with Gasteiger partial charge < -0.3 is 21.3 Å². The van der Waals surface area contributed by atoms with Crippen molar-refractivity contribution >= 4 is 23.1 Å². The van der Waals surface area contributed by atoms with E-state index in [0.717, 1.165) is 25.9 Å². The van der Waals surface area contributed by atoms with Crippen LogP contribution in [0.4, 0.5) is 21.9 Å². The Kier molecular flexibility index (Phi) is 4.61. The minimum atomic E-state index is -0.203. The molecule has 3 rings (SSSR count). The first kappa shape index (κ1) is 15.1. The third kappa shape index (κ3) is 3.91. The lowest BCUT2D eigenvalue weighted by atomic mass is 10.0. The molecule has 2 heterocycles. The molecule has 0 aliphatic carbocycles. The summed E-state index contributed by atoms with van der Waals surface area (Å²) in [4.78, 5) is 18.4. The highest BCUT2D eigenvalue weighted by Gasteiger charge is 2.21. The van der Waals surface area contributed by atoms with Crippen molar-refractivity contribution in [3.8, 4) is 0 Å². The molecule has 0 saturated carbocycles. The third-order valence-corrected chi connectivity index (χ3v) is 4.07. The Balaban J connectivity index is 1.49. The Hall–Kier alpha value is -2.76. The largest absolute Gasteiger partial charge is 0.397 e. The molecule has 1 fully saturated rings. The molecule has 6 heteroatoms. The predicted molar refractivity (Wildman–Crippen MR) is 92.5 cm³/mol. The highest BCUT2D eigenvalue weighted by atomic mass is 16.2. The van der Waals surface area contributed by atoms with Crippen molar-refractivity contribution in [3.63, 3.8) is 0 Å². The molecule has 2 aromatic rings. The van der Waals surface area contributed by atoms with Crippen LogP contribution in [-0.2, 0) is 0 Å². The fourth-order valence-electron chi connectivity index (χ4n) is 2.79. The van der Waals surface area contributed by atoms with Crippen molar-refractivity contribution in [3.05, 3.63) is 48.8 Å². The van der Waals surface area contributed by atoms with E-state index in [2.05, 4.69) is 20.5 Å². The first-order valence-electron chi connectivity index (χ1n) is 7.79. The van der Waals surface area contributed by atoms with Crippen molar-refractivity contribution in [2.24, 2.45) is 0 Å². The van der Waals surface area contributed by atoms with Gasteiger partial charge in [0.15, 0.2) is 0 Å². The van der Waals surface area contributed by atoms with Crippen molar-refractivity contribution in [1.29, 1.82) is 0 Å². The number of aromatic nitrogens is 1. The van der Waals surface area contributed by atoms with Crippen molar-refractivity contribution in [1.82, 2.24) is 10.3 Å². The van der Waals surface area contributed by atoms with Gasteiger partial charge in [0.2, 0.25) is 0 Å². The van der Waals surface area contributed by atoms with Gasteiger partial charge in [-0.05, 0) is 37.1 Å². The van der Waals surface area contributed by atoms with E-state index >= 15 is 0 Å². The molecule has 1 aliphatic heterocycles. The number of amides is 2. The lowest BCUT2D eigenvalue weighted by molar-refractivity contribution is 0.246. The van der Waals surface area contributed by atoms with Gasteiger partial charge in [-0.3, -0.25) is 4.98 Å². The average Bonchev–Trinajstić information content (AvgIpc) is 2.58. The summed E-state index contributed by atoms with van der Waals surface area (Å²) in [6.45, 7) is 1.84. The Morgan fingerprint density at radius 3 is 2.52 bits per heavy atom. The normalized spacial score (nSPS) is 15.2. The maximum absolute atomic E-state index is 12.1. The second kappa shape index (κ2) is 7.00. The standard InChI is InChI=1S/C17H21N5O/c18-15-3-1-2-4-16(15)21-17(23)20-13-7-11-22(12-8-13)14-5-9-19-10-6-14/h1-6,9-10,13H,7-8,11-12,18H2,(H2,20,21,23). The third-order valence-electron chi connectivity index (χ3n) is 4.07. The maximum atomic E-state index is 12.1. The molecule has 0 unspecified atom stereocenters. The average molecular weight is 311 g/mol. The van der Waals surface area contributed by atoms with Crippen molar-refractivity contribution < 1.29 is 4.79 Å². The van der Waals surface area contributed by atoms with Gasteiger partial charge >= 0.3 is 6.03 Å². The second-order valence-corrected chi connectivity index (χ2v) is 5.65. The van der Waals surface area contributed by atoms with Gasteiger partial charge in [0.1, 0.15) is 0 Å². The summed E-state index contributed by atoms with van der Waals surface area (Å²) in [5, 5.41) is 5.83. The summed E-state index contributed by atoms with van der Waals surface area (Å²) in [7, 11) is 0. The van der Waals surface area contributed by atoms with E-state index in [1.165, 1.54) is 5.69 Å². The number of para-hydroxylation sites is 2. The van der Waals surface area contributed by atoms with Gasteiger partial charge in [0, 0.05) is 37.2 Å². The Bertz CT molecular complexity index is 653. The van der Waals surface area contributed by atoms with Crippen molar-refractivity contribution in [2.75, 3.05) is 29.0 Å². The number of nitrogens with two attached hydrogens (primary N) is 1. The first-order chi connectivity index (χ1) is 11.2. The molecule has 0 atom stereocenters. The van der Waals surface area contributed by atoms with Gasteiger partial charge in [0.05, 0.1) is 11.4 Å². The van der Waals surface area contributed by atoms with E-state index in [0.29, 0.717) is 11.4 Å². The molecule has 1 aromatic carbocycles. The summed E-state index contributed by atoms with van der Waals surface area (Å²) in [5.74, 6) is 0. The maximum Gasteiger partial charge on any atom is 0.319 e. The summed E-state index contributed by atoms with van der Waals surface area (Å²) in [6.07, 6.45) is 5.44. The molecule has 0 radical (unpaired) electrons. The van der Waals surface area contributed by atoms with Crippen LogP contribution in [0.3, 0.4) is 0 Å². The molecule has 120 valence electrons. The molecule has 2 amide bonds. The van der Waals surface area contributed by atoms with Crippen LogP contribution >= 0.6 is 0 Å². The molecular weight excluding hydrogens is 290 g/mol. The van der Waals surface area contributed by atoms with Gasteiger partial charge in [-0.15, -0.1) is 0 Å². The molecule has 0 bridgehead atoms. The number of piperidine rings is 1. The zero-order valence-corrected chi connectivity index (χ0v) is 12.9. The number of urea groups is 1. The predicted octanol–water partition coefficient (Wildman–Crippen LogP) is 2.45. The lowest BCUT2D eigenvalue weighted by Crippen LogP contribution is -2.46. The minimum absolute atomic E-state index is 0.179. The van der Waals surface area contributed by atoms with Gasteiger partial charge in [-0.25, -0.2) is 4.79 Å². The topological polar surface area (TPSA) is 83.3 Å². The summed E-state index contributed by atoms with van der Waals surface area (Å²) in [6, 6.07) is 11.2.